The molecule has 0 fully saturated rings. The van der Waals surface area contributed by atoms with Crippen molar-refractivity contribution in [1.82, 2.24) is 0 Å². The van der Waals surface area contributed by atoms with Gasteiger partial charge in [0.2, 0.25) is 5.91 Å². The van der Waals surface area contributed by atoms with Gasteiger partial charge in [0.1, 0.15) is 5.75 Å². The minimum Gasteiger partial charge on any atom is -0.497 e. The van der Waals surface area contributed by atoms with Crippen molar-refractivity contribution >= 4 is 34.5 Å². The molecule has 1 aliphatic heterocycles. The molecule has 30 heavy (non-hydrogen) atoms. The maximum absolute atomic E-state index is 12.8. The molecule has 154 valence electrons. The number of carbonyl (C=O) groups excluding carboxylic acids is 2. The van der Waals surface area contributed by atoms with Gasteiger partial charge in [-0.05, 0) is 72.2 Å². The molecular weight excluding hydrogens is 396 g/mol. The van der Waals surface area contributed by atoms with E-state index in [1.165, 1.54) is 11.3 Å². The molecule has 1 aliphatic rings. The Bertz CT molecular complexity index is 1030. The zero-order chi connectivity index (χ0) is 20.9. The third-order valence-corrected chi connectivity index (χ3v) is 6.12. The molecule has 4 rings (SSSR count). The van der Waals surface area contributed by atoms with Gasteiger partial charge >= 0.3 is 0 Å². The summed E-state index contributed by atoms with van der Waals surface area (Å²) < 4.78 is 5.16. The fourth-order valence-corrected chi connectivity index (χ4v) is 4.36. The molecule has 3 aromatic rings. The first-order valence-corrected chi connectivity index (χ1v) is 10.9. The van der Waals surface area contributed by atoms with Crippen molar-refractivity contribution in [2.75, 3.05) is 23.9 Å². The van der Waals surface area contributed by atoms with Crippen LogP contribution in [0.1, 0.15) is 33.6 Å². The number of anilines is 2. The maximum atomic E-state index is 12.8. The molecule has 1 aromatic heterocycles. The van der Waals surface area contributed by atoms with E-state index >= 15 is 0 Å². The van der Waals surface area contributed by atoms with Crippen LogP contribution in [0, 0.1) is 0 Å². The number of benzene rings is 2. The van der Waals surface area contributed by atoms with Crippen molar-refractivity contribution in [2.45, 2.75) is 25.7 Å². The highest BCUT2D eigenvalue weighted by molar-refractivity contribution is 7.12. The third-order valence-electron chi connectivity index (χ3n) is 5.26. The summed E-state index contributed by atoms with van der Waals surface area (Å²) in [7, 11) is 1.64. The maximum Gasteiger partial charge on any atom is 0.268 e. The van der Waals surface area contributed by atoms with E-state index in [1.54, 1.807) is 7.11 Å². The normalized spacial score (nSPS) is 12.9. The Kier molecular flexibility index (Phi) is 6.14. The largest absolute Gasteiger partial charge is 0.497 e. The molecule has 0 atom stereocenters. The van der Waals surface area contributed by atoms with E-state index in [1.807, 2.05) is 64.9 Å². The first-order chi connectivity index (χ1) is 14.6. The monoisotopic (exact) mass is 420 g/mol. The van der Waals surface area contributed by atoms with Crippen LogP contribution in [0.2, 0.25) is 0 Å². The van der Waals surface area contributed by atoms with Crippen LogP contribution in [-0.2, 0) is 17.6 Å². The molecule has 0 saturated carbocycles. The minimum atomic E-state index is -0.0203. The summed E-state index contributed by atoms with van der Waals surface area (Å²) >= 11 is 1.46. The topological polar surface area (TPSA) is 58.6 Å². The highest BCUT2D eigenvalue weighted by Gasteiger charge is 2.24. The van der Waals surface area contributed by atoms with Crippen molar-refractivity contribution < 1.29 is 14.3 Å². The summed E-state index contributed by atoms with van der Waals surface area (Å²) in [5, 5.41) is 4.91. The Labute approximate surface area is 180 Å². The summed E-state index contributed by atoms with van der Waals surface area (Å²) in [5.41, 5.74) is 3.91. The minimum absolute atomic E-state index is 0.0203. The van der Waals surface area contributed by atoms with E-state index in [0.29, 0.717) is 12.8 Å². The second-order valence-electron chi connectivity index (χ2n) is 7.28. The second-order valence-corrected chi connectivity index (χ2v) is 8.23. The molecule has 0 saturated heterocycles. The molecule has 1 N–H and O–H groups in total. The Morgan fingerprint density at radius 3 is 2.70 bits per heavy atom. The number of ether oxygens (including phenoxy) is 1. The number of rotatable bonds is 6. The van der Waals surface area contributed by atoms with E-state index in [-0.39, 0.29) is 11.8 Å². The summed E-state index contributed by atoms with van der Waals surface area (Å²) in [6.07, 6.45) is 2.90. The van der Waals surface area contributed by atoms with Gasteiger partial charge in [0.15, 0.2) is 0 Å². The van der Waals surface area contributed by atoms with Crippen LogP contribution in [0.3, 0.4) is 0 Å². The summed E-state index contributed by atoms with van der Waals surface area (Å²) in [5.74, 6) is 0.833. The van der Waals surface area contributed by atoms with Gasteiger partial charge in [-0.1, -0.05) is 18.2 Å². The van der Waals surface area contributed by atoms with Gasteiger partial charge in [-0.3, -0.25) is 9.59 Å². The summed E-state index contributed by atoms with van der Waals surface area (Å²) in [6, 6.07) is 17.3. The van der Waals surface area contributed by atoms with Gasteiger partial charge in [0.25, 0.3) is 5.91 Å². The predicted molar refractivity (Wildman–Crippen MR) is 121 cm³/mol. The molecular formula is C24H24N2O3S. The van der Waals surface area contributed by atoms with Gasteiger partial charge in [-0.25, -0.2) is 0 Å². The van der Waals surface area contributed by atoms with Crippen molar-refractivity contribution in [3.8, 4) is 5.75 Å². The van der Waals surface area contributed by atoms with Crippen molar-refractivity contribution in [2.24, 2.45) is 0 Å². The number of aryl methyl sites for hydroxylation is 2. The number of hydrogen-bond acceptors (Lipinski definition) is 4. The van der Waals surface area contributed by atoms with Gasteiger partial charge in [-0.15, -0.1) is 11.3 Å². The van der Waals surface area contributed by atoms with Crippen LogP contribution in [-0.4, -0.2) is 25.5 Å². The fourth-order valence-electron chi connectivity index (χ4n) is 3.69. The third kappa shape index (κ3) is 4.54. The number of methoxy groups -OCH3 is 1. The number of fused-ring (bicyclic) bond motifs is 1. The average Bonchev–Trinajstić information content (AvgIpc) is 3.32. The lowest BCUT2D eigenvalue weighted by molar-refractivity contribution is -0.116. The van der Waals surface area contributed by atoms with Gasteiger partial charge in [-0.2, -0.15) is 0 Å². The van der Waals surface area contributed by atoms with E-state index in [9.17, 15) is 9.59 Å². The molecule has 0 aliphatic carbocycles. The van der Waals surface area contributed by atoms with Gasteiger partial charge < -0.3 is 15.0 Å². The lowest BCUT2D eigenvalue weighted by Crippen LogP contribution is -2.35. The van der Waals surface area contributed by atoms with Crippen LogP contribution in [0.25, 0.3) is 0 Å². The zero-order valence-corrected chi connectivity index (χ0v) is 17.7. The van der Waals surface area contributed by atoms with E-state index in [4.69, 9.17) is 4.74 Å². The van der Waals surface area contributed by atoms with Crippen LogP contribution in [0.4, 0.5) is 11.4 Å². The van der Waals surface area contributed by atoms with Crippen molar-refractivity contribution in [3.05, 3.63) is 76.0 Å². The summed E-state index contributed by atoms with van der Waals surface area (Å²) in [6.45, 7) is 0.720. The highest BCUT2D eigenvalue weighted by Crippen LogP contribution is 2.31. The smallest absolute Gasteiger partial charge is 0.268 e. The van der Waals surface area contributed by atoms with Crippen LogP contribution >= 0.6 is 11.3 Å². The van der Waals surface area contributed by atoms with Gasteiger partial charge in [0.05, 0.1) is 12.0 Å². The molecule has 2 amide bonds. The van der Waals surface area contributed by atoms with Gasteiger partial charge in [0, 0.05) is 24.3 Å². The molecule has 0 spiro atoms. The molecule has 5 nitrogen and oxygen atoms in total. The standard InChI is InChI=1S/C24H24N2O3S/c1-29-20-10-6-17(7-11-20)8-13-23(27)25-19-9-12-21-18(16-19)4-2-14-26(21)24(28)22-5-3-15-30-22/h3,5-7,9-12,15-16H,2,4,8,13-14H2,1H3,(H,25,27). The number of nitrogens with one attached hydrogen (secondary N) is 1. The Morgan fingerprint density at radius 1 is 1.13 bits per heavy atom. The van der Waals surface area contributed by atoms with Crippen molar-refractivity contribution in [3.63, 3.8) is 0 Å². The summed E-state index contributed by atoms with van der Waals surface area (Å²) in [4.78, 5) is 27.8. The highest BCUT2D eigenvalue weighted by atomic mass is 32.1. The second kappa shape index (κ2) is 9.13. The molecule has 0 radical (unpaired) electrons. The molecule has 0 bridgehead atoms. The molecule has 2 heterocycles. The van der Waals surface area contributed by atoms with E-state index in [0.717, 1.165) is 52.5 Å². The molecule has 0 unspecified atom stereocenters. The Balaban J connectivity index is 1.39. The predicted octanol–water partition coefficient (Wildman–Crippen LogP) is 4.92. The SMILES string of the molecule is COc1ccc(CCC(=O)Nc2ccc3c(c2)CCCN3C(=O)c2cccs2)cc1. The van der Waals surface area contributed by atoms with E-state index in [2.05, 4.69) is 5.32 Å². The zero-order valence-electron chi connectivity index (χ0n) is 16.9. The number of amides is 2. The van der Waals surface area contributed by atoms with E-state index < -0.39 is 0 Å². The number of hydrogen-bond donors (Lipinski definition) is 1. The number of carbonyl (C=O) groups is 2. The molecule has 6 heteroatoms. The first-order valence-electron chi connectivity index (χ1n) is 10.0. The quantitative estimate of drug-likeness (QED) is 0.616. The van der Waals surface area contributed by atoms with Crippen LogP contribution in [0.15, 0.2) is 60.0 Å². The first kappa shape index (κ1) is 20.2. The number of nitrogens with zero attached hydrogens (tertiary/aromatic N) is 1. The van der Waals surface area contributed by atoms with Crippen LogP contribution < -0.4 is 15.0 Å². The van der Waals surface area contributed by atoms with Crippen LogP contribution in [0.5, 0.6) is 5.75 Å². The van der Waals surface area contributed by atoms with Crippen molar-refractivity contribution in [1.29, 1.82) is 0 Å². The lowest BCUT2D eigenvalue weighted by atomic mass is 10.0. The fraction of sp³-hybridized carbons (Fsp3) is 0.250. The molecule has 2 aromatic carbocycles. The average molecular weight is 421 g/mol. The lowest BCUT2D eigenvalue weighted by Gasteiger charge is -2.29. The number of thiophene rings is 1. The Morgan fingerprint density at radius 2 is 1.97 bits per heavy atom. The Hall–Kier alpha value is -3.12.